The fraction of sp³-hybridized carbons (Fsp3) is 0.320. The average Bonchev–Trinajstić information content (AvgIpc) is 3.52. The Morgan fingerprint density at radius 2 is 2.00 bits per heavy atom. The van der Waals surface area contributed by atoms with Gasteiger partial charge in [0.05, 0.1) is 6.42 Å². The Labute approximate surface area is 181 Å². The Kier molecular flexibility index (Phi) is 5.06. The molecule has 2 amide bonds. The molecule has 0 bridgehead atoms. The molecular formula is C25H26N4O2. The molecule has 0 spiro atoms. The van der Waals surface area contributed by atoms with Crippen molar-refractivity contribution in [3.05, 3.63) is 65.9 Å². The van der Waals surface area contributed by atoms with E-state index in [0.717, 1.165) is 35.0 Å². The normalized spacial score (nSPS) is 18.7. The van der Waals surface area contributed by atoms with Crippen molar-refractivity contribution in [2.45, 2.75) is 26.2 Å². The molecular weight excluding hydrogens is 388 g/mol. The van der Waals surface area contributed by atoms with Gasteiger partial charge in [-0.3, -0.25) is 9.59 Å². The zero-order chi connectivity index (χ0) is 21.4. The maximum absolute atomic E-state index is 12.8. The quantitative estimate of drug-likeness (QED) is 0.662. The number of nitrogens with one attached hydrogen (secondary N) is 2. The molecule has 1 fully saturated rings. The van der Waals surface area contributed by atoms with E-state index in [1.165, 1.54) is 5.57 Å². The van der Waals surface area contributed by atoms with E-state index in [1.54, 1.807) is 0 Å². The third-order valence-electron chi connectivity index (χ3n) is 6.15. The summed E-state index contributed by atoms with van der Waals surface area (Å²) in [5.41, 5.74) is 4.06. The predicted molar refractivity (Wildman–Crippen MR) is 121 cm³/mol. The van der Waals surface area contributed by atoms with Gasteiger partial charge in [-0.2, -0.15) is 0 Å². The van der Waals surface area contributed by atoms with Crippen molar-refractivity contribution >= 4 is 34.2 Å². The lowest BCUT2D eigenvalue weighted by atomic mass is 9.89. The van der Waals surface area contributed by atoms with Gasteiger partial charge in [-0.1, -0.05) is 43.3 Å². The maximum Gasteiger partial charge on any atom is 0.228 e. The number of pyridine rings is 1. The fourth-order valence-electron chi connectivity index (χ4n) is 4.29. The lowest BCUT2D eigenvalue weighted by Crippen LogP contribution is -2.39. The van der Waals surface area contributed by atoms with Crippen LogP contribution < -0.4 is 5.32 Å². The molecule has 1 saturated carbocycles. The van der Waals surface area contributed by atoms with Crippen LogP contribution in [0.5, 0.6) is 0 Å². The lowest BCUT2D eigenvalue weighted by molar-refractivity contribution is -0.130. The number of fused-ring (bicyclic) bond motifs is 1. The number of H-pyrrole nitrogens is 1. The second-order valence-corrected chi connectivity index (χ2v) is 8.58. The summed E-state index contributed by atoms with van der Waals surface area (Å²) in [6.07, 6.45) is 6.35. The van der Waals surface area contributed by atoms with E-state index < -0.39 is 0 Å². The van der Waals surface area contributed by atoms with E-state index in [1.807, 2.05) is 53.6 Å². The number of nitrogens with zero attached hydrogens (tertiary/aromatic N) is 2. The molecule has 1 aliphatic carbocycles. The SMILES string of the molecule is CC1CN(C(=O)Cc2ccccc2)CC=C1c1cc(NC(=O)C2CC2)nc2[nH]ccc12. The Balaban J connectivity index is 1.39. The van der Waals surface area contributed by atoms with Crippen LogP contribution in [0.25, 0.3) is 16.6 Å². The number of benzene rings is 1. The summed E-state index contributed by atoms with van der Waals surface area (Å²) in [4.78, 5) is 34.7. The largest absolute Gasteiger partial charge is 0.346 e. The smallest absolute Gasteiger partial charge is 0.228 e. The summed E-state index contributed by atoms with van der Waals surface area (Å²) in [5.74, 6) is 1.08. The Hall–Kier alpha value is -3.41. The van der Waals surface area contributed by atoms with Crippen LogP contribution in [-0.2, 0) is 16.0 Å². The summed E-state index contributed by atoms with van der Waals surface area (Å²) in [5, 5.41) is 4.01. The predicted octanol–water partition coefficient (Wildman–Crippen LogP) is 4.02. The van der Waals surface area contributed by atoms with Gasteiger partial charge in [0.25, 0.3) is 0 Å². The molecule has 1 atom stereocenters. The molecule has 2 N–H and O–H groups in total. The standard InChI is InChI=1S/C25H26N4O2/c1-16-15-29(23(30)13-17-5-3-2-4-6-17)12-10-19(16)21-14-22(28-25(31)18-7-8-18)27-24-20(21)9-11-26-24/h2-6,9-11,14,16,18H,7-8,12-13,15H2,1H3,(H2,26,27,28,31). The molecule has 5 rings (SSSR count). The van der Waals surface area contributed by atoms with Gasteiger partial charge >= 0.3 is 0 Å². The van der Waals surface area contributed by atoms with Crippen molar-refractivity contribution in [3.8, 4) is 0 Å². The van der Waals surface area contributed by atoms with E-state index in [9.17, 15) is 9.59 Å². The van der Waals surface area contributed by atoms with Gasteiger partial charge in [0, 0.05) is 30.6 Å². The number of hydrogen-bond acceptors (Lipinski definition) is 3. The zero-order valence-corrected chi connectivity index (χ0v) is 17.6. The van der Waals surface area contributed by atoms with Gasteiger partial charge in [0.15, 0.2) is 0 Å². The number of hydrogen-bond donors (Lipinski definition) is 2. The highest BCUT2D eigenvalue weighted by atomic mass is 16.2. The van der Waals surface area contributed by atoms with E-state index in [2.05, 4.69) is 28.3 Å². The number of carbonyl (C=O) groups excluding carboxylic acids is 2. The first kappa shape index (κ1) is 19.5. The lowest BCUT2D eigenvalue weighted by Gasteiger charge is -2.32. The minimum absolute atomic E-state index is 0.0488. The summed E-state index contributed by atoms with van der Waals surface area (Å²) in [7, 11) is 0. The molecule has 3 heterocycles. The first-order chi connectivity index (χ1) is 15.1. The highest BCUT2D eigenvalue weighted by Crippen LogP contribution is 2.35. The molecule has 1 aliphatic heterocycles. The van der Waals surface area contributed by atoms with Crippen LogP contribution in [0, 0.1) is 11.8 Å². The van der Waals surface area contributed by atoms with Crippen molar-refractivity contribution in [3.63, 3.8) is 0 Å². The van der Waals surface area contributed by atoms with Crippen molar-refractivity contribution in [1.29, 1.82) is 0 Å². The van der Waals surface area contributed by atoms with Crippen molar-refractivity contribution in [2.24, 2.45) is 11.8 Å². The summed E-state index contributed by atoms with van der Waals surface area (Å²) >= 11 is 0. The minimum Gasteiger partial charge on any atom is -0.346 e. The van der Waals surface area contributed by atoms with Crippen LogP contribution in [0.3, 0.4) is 0 Å². The van der Waals surface area contributed by atoms with Crippen LogP contribution in [-0.4, -0.2) is 39.8 Å². The van der Waals surface area contributed by atoms with Crippen LogP contribution in [0.1, 0.15) is 30.9 Å². The van der Waals surface area contributed by atoms with Crippen LogP contribution in [0.15, 0.2) is 54.7 Å². The monoisotopic (exact) mass is 414 g/mol. The first-order valence-corrected chi connectivity index (χ1v) is 10.9. The molecule has 1 aromatic carbocycles. The Bertz CT molecular complexity index is 1160. The van der Waals surface area contributed by atoms with Crippen LogP contribution in [0.4, 0.5) is 5.82 Å². The number of aromatic nitrogens is 2. The summed E-state index contributed by atoms with van der Waals surface area (Å²) in [6, 6.07) is 13.9. The molecule has 3 aromatic rings. The highest BCUT2D eigenvalue weighted by Gasteiger charge is 2.30. The fourth-order valence-corrected chi connectivity index (χ4v) is 4.29. The number of amides is 2. The Morgan fingerprint density at radius 3 is 2.74 bits per heavy atom. The number of rotatable bonds is 5. The van der Waals surface area contributed by atoms with E-state index in [0.29, 0.717) is 25.3 Å². The van der Waals surface area contributed by atoms with Gasteiger partial charge < -0.3 is 15.2 Å². The molecule has 31 heavy (non-hydrogen) atoms. The molecule has 2 aromatic heterocycles. The molecule has 6 heteroatoms. The number of aromatic amines is 1. The van der Waals surface area contributed by atoms with Gasteiger partial charge in [-0.25, -0.2) is 4.98 Å². The third kappa shape index (κ3) is 4.10. The number of carbonyl (C=O) groups is 2. The van der Waals surface area contributed by atoms with Crippen molar-refractivity contribution < 1.29 is 9.59 Å². The molecule has 0 saturated heterocycles. The summed E-state index contributed by atoms with van der Waals surface area (Å²) < 4.78 is 0. The zero-order valence-electron chi connectivity index (χ0n) is 17.6. The van der Waals surface area contributed by atoms with Crippen LogP contribution in [0.2, 0.25) is 0 Å². The third-order valence-corrected chi connectivity index (χ3v) is 6.15. The van der Waals surface area contributed by atoms with Crippen molar-refractivity contribution in [1.82, 2.24) is 14.9 Å². The highest BCUT2D eigenvalue weighted by molar-refractivity contribution is 5.97. The first-order valence-electron chi connectivity index (χ1n) is 10.9. The molecule has 0 radical (unpaired) electrons. The van der Waals surface area contributed by atoms with Gasteiger partial charge in [-0.05, 0) is 47.6 Å². The van der Waals surface area contributed by atoms with Gasteiger partial charge in [0.2, 0.25) is 11.8 Å². The van der Waals surface area contributed by atoms with Crippen LogP contribution >= 0.6 is 0 Å². The molecule has 2 aliphatic rings. The number of anilines is 1. The van der Waals surface area contributed by atoms with E-state index >= 15 is 0 Å². The molecule has 1 unspecified atom stereocenters. The van der Waals surface area contributed by atoms with E-state index in [4.69, 9.17) is 0 Å². The van der Waals surface area contributed by atoms with Crippen molar-refractivity contribution in [2.75, 3.05) is 18.4 Å². The van der Waals surface area contributed by atoms with Gasteiger partial charge in [0.1, 0.15) is 11.5 Å². The maximum atomic E-state index is 12.8. The molecule has 6 nitrogen and oxygen atoms in total. The second kappa shape index (κ2) is 8.02. The molecule has 158 valence electrons. The van der Waals surface area contributed by atoms with Gasteiger partial charge in [-0.15, -0.1) is 0 Å². The Morgan fingerprint density at radius 1 is 1.19 bits per heavy atom. The average molecular weight is 415 g/mol. The topological polar surface area (TPSA) is 78.1 Å². The van der Waals surface area contributed by atoms with E-state index in [-0.39, 0.29) is 23.7 Å². The summed E-state index contributed by atoms with van der Waals surface area (Å²) in [6.45, 7) is 3.41. The minimum atomic E-state index is 0.0488. The second-order valence-electron chi connectivity index (χ2n) is 8.58.